The van der Waals surface area contributed by atoms with E-state index >= 15 is 0 Å². The standard InChI is InChI=1S/C18H22N6/c1-18(2)7-15(17-16(8-18)21-11-22-17)20-9-13-3-5-14(6-4-13)24-12-19-10-23-24/h3-6,10-12,15,20H,7-9H2,1-2H3,(H,21,22). The first-order valence-corrected chi connectivity index (χ1v) is 8.30. The Kier molecular flexibility index (Phi) is 3.69. The Morgan fingerprint density at radius 3 is 2.88 bits per heavy atom. The lowest BCUT2D eigenvalue weighted by molar-refractivity contribution is 0.252. The maximum Gasteiger partial charge on any atom is 0.138 e. The zero-order valence-electron chi connectivity index (χ0n) is 14.0. The van der Waals surface area contributed by atoms with Crippen molar-refractivity contribution >= 4 is 0 Å². The summed E-state index contributed by atoms with van der Waals surface area (Å²) in [5.74, 6) is 0. The van der Waals surface area contributed by atoms with E-state index in [1.165, 1.54) is 17.0 Å². The number of imidazole rings is 1. The lowest BCUT2D eigenvalue weighted by Gasteiger charge is -2.34. The zero-order valence-corrected chi connectivity index (χ0v) is 14.0. The molecule has 0 fully saturated rings. The van der Waals surface area contributed by atoms with E-state index in [9.17, 15) is 0 Å². The largest absolute Gasteiger partial charge is 0.348 e. The number of nitrogens with zero attached hydrogens (tertiary/aromatic N) is 4. The average Bonchev–Trinajstić information content (AvgIpc) is 3.23. The average molecular weight is 322 g/mol. The summed E-state index contributed by atoms with van der Waals surface area (Å²) in [4.78, 5) is 11.8. The summed E-state index contributed by atoms with van der Waals surface area (Å²) in [6.45, 7) is 5.46. The van der Waals surface area contributed by atoms with E-state index in [-0.39, 0.29) is 5.41 Å². The molecule has 6 nitrogen and oxygen atoms in total. The van der Waals surface area contributed by atoms with E-state index < -0.39 is 0 Å². The molecule has 1 aliphatic rings. The molecule has 0 amide bonds. The second-order valence-corrected chi connectivity index (χ2v) is 7.25. The summed E-state index contributed by atoms with van der Waals surface area (Å²) >= 11 is 0. The fourth-order valence-electron chi connectivity index (χ4n) is 3.49. The second kappa shape index (κ2) is 5.87. The Morgan fingerprint density at radius 2 is 2.12 bits per heavy atom. The summed E-state index contributed by atoms with van der Waals surface area (Å²) < 4.78 is 1.76. The van der Waals surface area contributed by atoms with Crippen LogP contribution in [0, 0.1) is 5.41 Å². The molecule has 0 bridgehead atoms. The Hall–Kier alpha value is -2.47. The molecule has 1 unspecified atom stereocenters. The highest BCUT2D eigenvalue weighted by atomic mass is 15.3. The predicted molar refractivity (Wildman–Crippen MR) is 91.6 cm³/mol. The van der Waals surface area contributed by atoms with Crippen molar-refractivity contribution in [3.8, 4) is 5.69 Å². The monoisotopic (exact) mass is 322 g/mol. The van der Waals surface area contributed by atoms with Crippen molar-refractivity contribution in [1.29, 1.82) is 0 Å². The van der Waals surface area contributed by atoms with Crippen molar-refractivity contribution in [3.63, 3.8) is 0 Å². The van der Waals surface area contributed by atoms with Crippen LogP contribution in [0.4, 0.5) is 0 Å². The molecule has 0 saturated carbocycles. The molecule has 24 heavy (non-hydrogen) atoms. The van der Waals surface area contributed by atoms with Gasteiger partial charge in [0, 0.05) is 12.2 Å². The van der Waals surface area contributed by atoms with Gasteiger partial charge >= 0.3 is 0 Å². The molecule has 2 aromatic heterocycles. The van der Waals surface area contributed by atoms with Crippen molar-refractivity contribution in [2.24, 2.45) is 5.41 Å². The van der Waals surface area contributed by atoms with Crippen LogP contribution in [0.5, 0.6) is 0 Å². The maximum atomic E-state index is 4.53. The third kappa shape index (κ3) is 2.97. The van der Waals surface area contributed by atoms with Crippen LogP contribution < -0.4 is 5.32 Å². The summed E-state index contributed by atoms with van der Waals surface area (Å²) in [6.07, 6.45) is 7.22. The Morgan fingerprint density at radius 1 is 1.29 bits per heavy atom. The number of rotatable bonds is 4. The van der Waals surface area contributed by atoms with Crippen molar-refractivity contribution in [2.45, 2.75) is 39.3 Å². The number of aromatic amines is 1. The minimum Gasteiger partial charge on any atom is -0.348 e. The molecule has 0 spiro atoms. The van der Waals surface area contributed by atoms with Crippen LogP contribution in [-0.4, -0.2) is 24.7 Å². The lowest BCUT2D eigenvalue weighted by Crippen LogP contribution is -2.33. The van der Waals surface area contributed by atoms with Gasteiger partial charge in [-0.1, -0.05) is 26.0 Å². The molecule has 3 aromatic rings. The molecule has 1 atom stereocenters. The molecular formula is C18H22N6. The number of H-pyrrole nitrogens is 1. The number of hydrogen-bond acceptors (Lipinski definition) is 4. The van der Waals surface area contributed by atoms with E-state index in [1.807, 2.05) is 6.33 Å². The van der Waals surface area contributed by atoms with E-state index in [0.717, 1.165) is 25.1 Å². The molecule has 4 rings (SSSR count). The molecule has 2 N–H and O–H groups in total. The van der Waals surface area contributed by atoms with Gasteiger partial charge in [-0.2, -0.15) is 5.10 Å². The first kappa shape index (κ1) is 15.1. The fraction of sp³-hybridized carbons (Fsp3) is 0.389. The predicted octanol–water partition coefficient (Wildman–Crippen LogP) is 2.79. The van der Waals surface area contributed by atoms with Crippen LogP contribution in [0.2, 0.25) is 0 Å². The minimum absolute atomic E-state index is 0.286. The van der Waals surface area contributed by atoms with E-state index in [1.54, 1.807) is 17.3 Å². The van der Waals surface area contributed by atoms with Crippen LogP contribution in [0.3, 0.4) is 0 Å². The molecule has 2 heterocycles. The van der Waals surface area contributed by atoms with Crippen LogP contribution in [0.1, 0.15) is 43.3 Å². The smallest absolute Gasteiger partial charge is 0.138 e. The van der Waals surface area contributed by atoms with Crippen LogP contribution in [-0.2, 0) is 13.0 Å². The number of hydrogen-bond donors (Lipinski definition) is 2. The third-order valence-electron chi connectivity index (χ3n) is 4.67. The number of aromatic nitrogens is 5. The van der Waals surface area contributed by atoms with Crippen molar-refractivity contribution in [2.75, 3.05) is 0 Å². The highest BCUT2D eigenvalue weighted by molar-refractivity contribution is 5.33. The van der Waals surface area contributed by atoms with Crippen LogP contribution in [0.25, 0.3) is 5.69 Å². The van der Waals surface area contributed by atoms with Crippen LogP contribution >= 0.6 is 0 Å². The van der Waals surface area contributed by atoms with Gasteiger partial charge < -0.3 is 10.3 Å². The Balaban J connectivity index is 1.46. The Labute approximate surface area is 141 Å². The SMILES string of the molecule is CC1(C)Cc2[nH]cnc2C(NCc2ccc(-n3cncn3)cc2)C1. The van der Waals surface area contributed by atoms with Gasteiger partial charge in [0.25, 0.3) is 0 Å². The van der Waals surface area contributed by atoms with Crippen molar-refractivity contribution in [3.05, 3.63) is 60.2 Å². The van der Waals surface area contributed by atoms with Gasteiger partial charge in [-0.3, -0.25) is 0 Å². The fourth-order valence-corrected chi connectivity index (χ4v) is 3.49. The van der Waals surface area contributed by atoms with Gasteiger partial charge in [0.15, 0.2) is 0 Å². The molecule has 1 aromatic carbocycles. The molecule has 0 radical (unpaired) electrons. The number of nitrogens with one attached hydrogen (secondary N) is 2. The minimum atomic E-state index is 0.286. The first-order valence-electron chi connectivity index (χ1n) is 8.30. The normalized spacial score (nSPS) is 19.2. The highest BCUT2D eigenvalue weighted by Crippen LogP contribution is 2.39. The quantitative estimate of drug-likeness (QED) is 0.775. The molecular weight excluding hydrogens is 300 g/mol. The summed E-state index contributed by atoms with van der Waals surface area (Å²) in [7, 11) is 0. The molecule has 0 saturated heterocycles. The topological polar surface area (TPSA) is 71.4 Å². The van der Waals surface area contributed by atoms with Gasteiger partial charge in [-0.05, 0) is 36.0 Å². The Bertz CT molecular complexity index is 800. The van der Waals surface area contributed by atoms with Gasteiger partial charge in [0.05, 0.1) is 23.8 Å². The van der Waals surface area contributed by atoms with E-state index in [0.29, 0.717) is 6.04 Å². The summed E-state index contributed by atoms with van der Waals surface area (Å²) in [5, 5.41) is 7.82. The maximum absolute atomic E-state index is 4.53. The zero-order chi connectivity index (χ0) is 16.6. The highest BCUT2D eigenvalue weighted by Gasteiger charge is 2.33. The number of fused-ring (bicyclic) bond motifs is 1. The lowest BCUT2D eigenvalue weighted by atomic mass is 9.75. The summed E-state index contributed by atoms with van der Waals surface area (Å²) in [5.41, 5.74) is 5.00. The van der Waals surface area contributed by atoms with Gasteiger partial charge in [0.2, 0.25) is 0 Å². The van der Waals surface area contributed by atoms with Crippen molar-refractivity contribution in [1.82, 2.24) is 30.0 Å². The van der Waals surface area contributed by atoms with Gasteiger partial charge in [-0.25, -0.2) is 14.6 Å². The van der Waals surface area contributed by atoms with Gasteiger partial charge in [-0.15, -0.1) is 0 Å². The van der Waals surface area contributed by atoms with Crippen LogP contribution in [0.15, 0.2) is 43.2 Å². The van der Waals surface area contributed by atoms with E-state index in [2.05, 4.69) is 63.5 Å². The molecule has 0 aliphatic heterocycles. The second-order valence-electron chi connectivity index (χ2n) is 7.25. The molecule has 6 heteroatoms. The third-order valence-corrected chi connectivity index (χ3v) is 4.67. The summed E-state index contributed by atoms with van der Waals surface area (Å²) in [6, 6.07) is 8.69. The molecule has 1 aliphatic carbocycles. The first-order chi connectivity index (χ1) is 11.6. The van der Waals surface area contributed by atoms with Crippen molar-refractivity contribution < 1.29 is 0 Å². The number of benzene rings is 1. The van der Waals surface area contributed by atoms with Gasteiger partial charge in [0.1, 0.15) is 12.7 Å². The molecule has 124 valence electrons. The van der Waals surface area contributed by atoms with E-state index in [4.69, 9.17) is 0 Å².